The number of nitrogens with one attached hydrogen (secondary N) is 2. The molecule has 2 amide bonds. The molecule has 3 rings (SSSR count). The first-order valence-corrected chi connectivity index (χ1v) is 7.55. The zero-order valence-corrected chi connectivity index (χ0v) is 12.6. The van der Waals surface area contributed by atoms with E-state index >= 15 is 0 Å². The van der Waals surface area contributed by atoms with Gasteiger partial charge >= 0.3 is 0 Å². The van der Waals surface area contributed by atoms with Gasteiger partial charge in [0.15, 0.2) is 11.5 Å². The Hall–Kier alpha value is -2.24. The Morgan fingerprint density at radius 1 is 1.32 bits per heavy atom. The van der Waals surface area contributed by atoms with Crippen LogP contribution in [0.15, 0.2) is 18.2 Å². The highest BCUT2D eigenvalue weighted by atomic mass is 16.5. The van der Waals surface area contributed by atoms with Crippen LogP contribution >= 0.6 is 0 Å². The smallest absolute Gasteiger partial charge is 0.231 e. The zero-order valence-electron chi connectivity index (χ0n) is 12.6. The molecule has 1 aromatic carbocycles. The third-order valence-corrected chi connectivity index (χ3v) is 4.12. The van der Waals surface area contributed by atoms with Gasteiger partial charge in [-0.2, -0.15) is 0 Å². The van der Waals surface area contributed by atoms with Gasteiger partial charge < -0.3 is 20.1 Å². The number of amides is 2. The van der Waals surface area contributed by atoms with Crippen molar-refractivity contribution in [2.75, 3.05) is 25.1 Å². The normalized spacial score (nSPS) is 24.1. The lowest BCUT2D eigenvalue weighted by atomic mass is 9.79. The van der Waals surface area contributed by atoms with Crippen molar-refractivity contribution in [1.29, 1.82) is 0 Å². The Morgan fingerprint density at radius 3 is 2.95 bits per heavy atom. The number of hydrogen-bond donors (Lipinski definition) is 2. The molecule has 6 heteroatoms. The van der Waals surface area contributed by atoms with Gasteiger partial charge in [0.05, 0.1) is 24.3 Å². The zero-order chi connectivity index (χ0) is 15.6. The van der Waals surface area contributed by atoms with Crippen LogP contribution in [0.3, 0.4) is 0 Å². The highest BCUT2D eigenvalue weighted by Gasteiger charge is 2.38. The molecule has 0 saturated carbocycles. The summed E-state index contributed by atoms with van der Waals surface area (Å²) in [5.74, 6) is 0.957. The Bertz CT molecular complexity index is 602. The van der Waals surface area contributed by atoms with E-state index in [-0.39, 0.29) is 18.2 Å². The molecule has 0 spiro atoms. The molecule has 0 radical (unpaired) electrons. The van der Waals surface area contributed by atoms with E-state index in [1.807, 2.05) is 19.1 Å². The van der Waals surface area contributed by atoms with Gasteiger partial charge in [0, 0.05) is 19.4 Å². The van der Waals surface area contributed by atoms with Gasteiger partial charge in [-0.25, -0.2) is 0 Å². The monoisotopic (exact) mass is 304 g/mol. The molecule has 1 unspecified atom stereocenters. The number of benzene rings is 1. The topological polar surface area (TPSA) is 76.7 Å². The van der Waals surface area contributed by atoms with Crippen molar-refractivity contribution in [3.63, 3.8) is 0 Å². The van der Waals surface area contributed by atoms with Crippen molar-refractivity contribution in [2.45, 2.75) is 26.2 Å². The van der Waals surface area contributed by atoms with Crippen LogP contribution in [0.4, 0.5) is 5.69 Å². The van der Waals surface area contributed by atoms with E-state index in [0.29, 0.717) is 43.4 Å². The quantitative estimate of drug-likeness (QED) is 0.872. The first-order valence-electron chi connectivity index (χ1n) is 7.55. The molecule has 0 aromatic heterocycles. The fraction of sp³-hybridized carbons (Fsp3) is 0.500. The summed E-state index contributed by atoms with van der Waals surface area (Å²) >= 11 is 0. The molecule has 22 heavy (non-hydrogen) atoms. The van der Waals surface area contributed by atoms with Crippen molar-refractivity contribution < 1.29 is 19.1 Å². The summed E-state index contributed by atoms with van der Waals surface area (Å²) in [6.07, 6.45) is 1.63. The summed E-state index contributed by atoms with van der Waals surface area (Å²) in [5, 5.41) is 5.66. The molecule has 1 fully saturated rings. The predicted molar refractivity (Wildman–Crippen MR) is 81.0 cm³/mol. The lowest BCUT2D eigenvalue weighted by molar-refractivity contribution is -0.134. The third kappa shape index (κ3) is 2.86. The largest absolute Gasteiger partial charge is 0.489 e. The lowest BCUT2D eigenvalue weighted by Crippen LogP contribution is -2.45. The molecule has 1 aromatic rings. The van der Waals surface area contributed by atoms with Crippen LogP contribution in [0.2, 0.25) is 0 Å². The number of fused-ring (bicyclic) bond motifs is 1. The molecule has 0 aliphatic carbocycles. The molecule has 0 bridgehead atoms. The number of piperidine rings is 1. The number of anilines is 1. The van der Waals surface area contributed by atoms with Crippen LogP contribution in [0.25, 0.3) is 0 Å². The van der Waals surface area contributed by atoms with Gasteiger partial charge in [-0.05, 0) is 18.6 Å². The first-order chi connectivity index (χ1) is 10.6. The maximum atomic E-state index is 12.6. The molecule has 1 atom stereocenters. The lowest BCUT2D eigenvalue weighted by Gasteiger charge is -2.31. The number of hydrogen-bond acceptors (Lipinski definition) is 4. The van der Waals surface area contributed by atoms with Gasteiger partial charge in [0.1, 0.15) is 0 Å². The van der Waals surface area contributed by atoms with E-state index in [0.717, 1.165) is 6.42 Å². The summed E-state index contributed by atoms with van der Waals surface area (Å²) in [6, 6.07) is 5.43. The second kappa shape index (κ2) is 5.87. The van der Waals surface area contributed by atoms with Crippen LogP contribution in [0.5, 0.6) is 11.5 Å². The van der Waals surface area contributed by atoms with E-state index < -0.39 is 5.41 Å². The van der Waals surface area contributed by atoms with Gasteiger partial charge in [0.2, 0.25) is 11.8 Å². The highest BCUT2D eigenvalue weighted by Crippen LogP contribution is 2.38. The first kappa shape index (κ1) is 14.7. The number of carbonyl (C=O) groups is 2. The minimum Gasteiger partial charge on any atom is -0.489 e. The van der Waals surface area contributed by atoms with Crippen molar-refractivity contribution in [2.24, 2.45) is 5.41 Å². The second-order valence-corrected chi connectivity index (χ2v) is 5.97. The molecule has 6 nitrogen and oxygen atoms in total. The molecule has 118 valence electrons. The molecule has 2 N–H and O–H groups in total. The maximum Gasteiger partial charge on any atom is 0.231 e. The molecule has 2 aliphatic heterocycles. The van der Waals surface area contributed by atoms with Crippen LogP contribution in [-0.4, -0.2) is 31.6 Å². The minimum atomic E-state index is -0.698. The number of rotatable bonds is 2. The van der Waals surface area contributed by atoms with Crippen molar-refractivity contribution in [3.8, 4) is 11.5 Å². The summed E-state index contributed by atoms with van der Waals surface area (Å²) < 4.78 is 11.3. The summed E-state index contributed by atoms with van der Waals surface area (Å²) in [7, 11) is 0. The van der Waals surface area contributed by atoms with Crippen molar-refractivity contribution in [3.05, 3.63) is 18.2 Å². The van der Waals surface area contributed by atoms with Gasteiger partial charge in [-0.15, -0.1) is 0 Å². The highest BCUT2D eigenvalue weighted by molar-refractivity contribution is 5.99. The number of carbonyl (C=O) groups excluding carboxylic acids is 2. The summed E-state index contributed by atoms with van der Waals surface area (Å²) in [6.45, 7) is 3.50. The Labute approximate surface area is 129 Å². The summed E-state index contributed by atoms with van der Waals surface area (Å²) in [5.41, 5.74) is -0.104. The van der Waals surface area contributed by atoms with Crippen LogP contribution < -0.4 is 20.1 Å². The third-order valence-electron chi connectivity index (χ3n) is 4.12. The second-order valence-electron chi connectivity index (χ2n) is 5.97. The van der Waals surface area contributed by atoms with Crippen LogP contribution in [0, 0.1) is 5.41 Å². The number of para-hydroxylation sites is 1. The fourth-order valence-corrected chi connectivity index (χ4v) is 2.74. The van der Waals surface area contributed by atoms with E-state index in [1.54, 1.807) is 6.07 Å². The van der Waals surface area contributed by atoms with Crippen molar-refractivity contribution >= 4 is 17.5 Å². The van der Waals surface area contributed by atoms with Crippen molar-refractivity contribution in [1.82, 2.24) is 5.32 Å². The van der Waals surface area contributed by atoms with E-state index in [1.165, 1.54) is 0 Å². The Kier molecular flexibility index (Phi) is 3.92. The number of ether oxygens (including phenoxy) is 2. The molecule has 2 heterocycles. The SMILES string of the molecule is CC1(C(=O)Nc2cccc3c2OCCCO3)CCNC(=O)C1. The predicted octanol–water partition coefficient (Wildman–Crippen LogP) is 1.70. The molecular weight excluding hydrogens is 284 g/mol. The molecular formula is C16H20N2O4. The van der Waals surface area contributed by atoms with E-state index in [9.17, 15) is 9.59 Å². The fourth-order valence-electron chi connectivity index (χ4n) is 2.74. The Morgan fingerprint density at radius 2 is 2.14 bits per heavy atom. The van der Waals surface area contributed by atoms with Crippen LogP contribution in [0.1, 0.15) is 26.2 Å². The average molecular weight is 304 g/mol. The Balaban J connectivity index is 1.81. The molecule has 1 saturated heterocycles. The van der Waals surface area contributed by atoms with Crippen LogP contribution in [-0.2, 0) is 9.59 Å². The standard InChI is InChI=1S/C16H20N2O4/c1-16(6-7-17-13(19)10-16)15(20)18-11-4-2-5-12-14(11)22-9-3-8-21-12/h2,4-5H,3,6-10H2,1H3,(H,17,19)(H,18,20). The summed E-state index contributed by atoms with van der Waals surface area (Å²) in [4.78, 5) is 24.2. The van der Waals surface area contributed by atoms with E-state index in [4.69, 9.17) is 9.47 Å². The van der Waals surface area contributed by atoms with Gasteiger partial charge in [0.25, 0.3) is 0 Å². The maximum absolute atomic E-state index is 12.6. The molecule has 2 aliphatic rings. The average Bonchev–Trinajstić information content (AvgIpc) is 2.73. The van der Waals surface area contributed by atoms with Gasteiger partial charge in [-0.3, -0.25) is 9.59 Å². The van der Waals surface area contributed by atoms with Gasteiger partial charge in [-0.1, -0.05) is 13.0 Å². The van der Waals surface area contributed by atoms with E-state index in [2.05, 4.69) is 10.6 Å². The minimum absolute atomic E-state index is 0.0876.